The number of H-pyrrole nitrogens is 2. The first-order valence-corrected chi connectivity index (χ1v) is 8.99. The fourth-order valence-electron chi connectivity index (χ4n) is 2.10. The van der Waals surface area contributed by atoms with Gasteiger partial charge in [-0.05, 0) is 40.5 Å². The smallest absolute Gasteiger partial charge is 0.342 e. The topological polar surface area (TPSA) is 151 Å². The van der Waals surface area contributed by atoms with Gasteiger partial charge in [-0.2, -0.15) is 5.10 Å². The molecule has 12 heteroatoms. The van der Waals surface area contributed by atoms with Gasteiger partial charge in [-0.15, -0.1) is 5.10 Å². The number of ether oxygens (including phenoxy) is 2. The van der Waals surface area contributed by atoms with E-state index < -0.39 is 11.2 Å². The van der Waals surface area contributed by atoms with Crippen LogP contribution in [0.5, 0.6) is 11.5 Å². The summed E-state index contributed by atoms with van der Waals surface area (Å²) >= 11 is 3.41. The molecule has 0 spiro atoms. The third kappa shape index (κ3) is 5.94. The first kappa shape index (κ1) is 21.2. The molecule has 0 fully saturated rings. The van der Waals surface area contributed by atoms with E-state index in [0.717, 1.165) is 0 Å². The summed E-state index contributed by atoms with van der Waals surface area (Å²) in [6.07, 6.45) is 1.50. The number of hydrogen-bond donors (Lipinski definition) is 4. The molecule has 0 aliphatic rings. The fraction of sp³-hybridized carbons (Fsp3) is 0.312. The number of methoxy groups -OCH3 is 1. The molecule has 28 heavy (non-hydrogen) atoms. The Morgan fingerprint density at radius 1 is 1.39 bits per heavy atom. The van der Waals surface area contributed by atoms with Gasteiger partial charge in [0.2, 0.25) is 11.7 Å². The van der Waals surface area contributed by atoms with Crippen molar-refractivity contribution in [1.82, 2.24) is 20.6 Å². The quantitative estimate of drug-likeness (QED) is 0.319. The monoisotopic (exact) mass is 454 g/mol. The number of halogens is 1. The van der Waals surface area contributed by atoms with Crippen LogP contribution in [0.15, 0.2) is 31.3 Å². The molecule has 0 atom stereocenters. The van der Waals surface area contributed by atoms with Gasteiger partial charge in [0.15, 0.2) is 11.5 Å². The Morgan fingerprint density at radius 3 is 2.86 bits per heavy atom. The zero-order chi connectivity index (χ0) is 20.5. The highest BCUT2D eigenvalue weighted by molar-refractivity contribution is 9.10. The van der Waals surface area contributed by atoms with Crippen molar-refractivity contribution < 1.29 is 14.3 Å². The molecule has 1 amide bonds. The zero-order valence-electron chi connectivity index (χ0n) is 15.2. The molecule has 0 bridgehead atoms. The number of hydrogen-bond acceptors (Lipinski definition) is 8. The van der Waals surface area contributed by atoms with Gasteiger partial charge < -0.3 is 14.8 Å². The number of rotatable bonds is 9. The van der Waals surface area contributed by atoms with E-state index in [2.05, 4.69) is 42.0 Å². The van der Waals surface area contributed by atoms with Gasteiger partial charge in [0, 0.05) is 13.0 Å². The number of nitrogens with one attached hydrogen (secondary N) is 4. The summed E-state index contributed by atoms with van der Waals surface area (Å²) in [7, 11) is 1.53. The predicted octanol–water partition coefficient (Wildman–Crippen LogP) is 0.580. The van der Waals surface area contributed by atoms with Crippen molar-refractivity contribution >= 4 is 33.9 Å². The number of hydrazone groups is 1. The van der Waals surface area contributed by atoms with Crippen molar-refractivity contribution in [2.45, 2.75) is 13.3 Å². The van der Waals surface area contributed by atoms with Crippen molar-refractivity contribution in [3.8, 4) is 11.5 Å². The Balaban J connectivity index is 1.88. The van der Waals surface area contributed by atoms with Crippen LogP contribution in [0.1, 0.15) is 18.9 Å². The minimum Gasteiger partial charge on any atom is -0.493 e. The second kappa shape index (κ2) is 10.3. The summed E-state index contributed by atoms with van der Waals surface area (Å²) in [6, 6.07) is 3.50. The highest BCUT2D eigenvalue weighted by Crippen LogP contribution is 2.36. The van der Waals surface area contributed by atoms with E-state index in [1.54, 1.807) is 12.1 Å². The average molecular weight is 455 g/mol. The molecule has 1 aromatic carbocycles. The molecule has 1 aromatic heterocycles. The van der Waals surface area contributed by atoms with Crippen LogP contribution in [0, 0.1) is 0 Å². The van der Waals surface area contributed by atoms with Crippen LogP contribution in [0.2, 0.25) is 0 Å². The first-order valence-electron chi connectivity index (χ1n) is 8.19. The minimum atomic E-state index is -0.708. The first-order chi connectivity index (χ1) is 13.4. The Kier molecular flexibility index (Phi) is 7.75. The summed E-state index contributed by atoms with van der Waals surface area (Å²) in [4.78, 5) is 36.1. The lowest BCUT2D eigenvalue weighted by Crippen LogP contribution is -2.28. The molecule has 0 radical (unpaired) electrons. The lowest BCUT2D eigenvalue weighted by molar-refractivity contribution is -0.120. The average Bonchev–Trinajstić information content (AvgIpc) is 2.65. The Hall–Kier alpha value is -3.15. The van der Waals surface area contributed by atoms with Crippen LogP contribution < -0.4 is 31.5 Å². The van der Waals surface area contributed by atoms with Gasteiger partial charge in [0.1, 0.15) is 0 Å². The van der Waals surface area contributed by atoms with E-state index >= 15 is 0 Å². The van der Waals surface area contributed by atoms with Crippen molar-refractivity contribution in [2.24, 2.45) is 5.10 Å². The van der Waals surface area contributed by atoms with Crippen LogP contribution >= 0.6 is 15.9 Å². The van der Waals surface area contributed by atoms with E-state index in [-0.39, 0.29) is 24.7 Å². The minimum absolute atomic E-state index is 0.0356. The third-order valence-corrected chi connectivity index (χ3v) is 3.89. The predicted molar refractivity (Wildman–Crippen MR) is 106 cm³/mol. The maximum Gasteiger partial charge on any atom is 0.342 e. The van der Waals surface area contributed by atoms with Crippen molar-refractivity contribution in [3.63, 3.8) is 0 Å². The Labute approximate surface area is 167 Å². The number of amides is 1. The van der Waals surface area contributed by atoms with Gasteiger partial charge in [0.25, 0.3) is 5.56 Å². The molecular weight excluding hydrogens is 436 g/mol. The number of aromatic nitrogens is 3. The summed E-state index contributed by atoms with van der Waals surface area (Å²) in [5, 5.41) is 12.2. The fourth-order valence-corrected chi connectivity index (χ4v) is 2.67. The largest absolute Gasteiger partial charge is 0.493 e. The van der Waals surface area contributed by atoms with Crippen LogP contribution in [0.3, 0.4) is 0 Å². The van der Waals surface area contributed by atoms with Crippen LogP contribution in [-0.2, 0) is 4.79 Å². The van der Waals surface area contributed by atoms with Gasteiger partial charge in [-0.25, -0.2) is 15.3 Å². The number of aromatic amines is 2. The number of anilines is 1. The van der Waals surface area contributed by atoms with E-state index in [1.165, 1.54) is 13.3 Å². The molecule has 0 aliphatic carbocycles. The highest BCUT2D eigenvalue weighted by atomic mass is 79.9. The van der Waals surface area contributed by atoms with Gasteiger partial charge in [-0.3, -0.25) is 14.6 Å². The van der Waals surface area contributed by atoms with Gasteiger partial charge in [-0.1, -0.05) is 0 Å². The summed E-state index contributed by atoms with van der Waals surface area (Å²) < 4.78 is 11.5. The number of nitrogens with zero attached hydrogens (tertiary/aromatic N) is 2. The summed E-state index contributed by atoms with van der Waals surface area (Å²) in [5.41, 5.74) is 1.69. The van der Waals surface area contributed by atoms with E-state index in [0.29, 0.717) is 28.1 Å². The second-order valence-corrected chi connectivity index (χ2v) is 6.15. The molecule has 0 unspecified atom stereocenters. The van der Waals surface area contributed by atoms with Crippen molar-refractivity contribution in [3.05, 3.63) is 43.0 Å². The molecule has 0 aliphatic heterocycles. The molecule has 11 nitrogen and oxygen atoms in total. The number of benzene rings is 1. The number of carbonyl (C=O) groups excluding carboxylic acids is 1. The summed E-state index contributed by atoms with van der Waals surface area (Å²) in [6.45, 7) is 2.49. The molecule has 4 N–H and O–H groups in total. The van der Waals surface area contributed by atoms with Crippen molar-refractivity contribution in [1.29, 1.82) is 0 Å². The zero-order valence-corrected chi connectivity index (χ0v) is 16.8. The standard InChI is InChI=1S/C16H19BrN6O5/c1-3-28-13-10(17)6-9(7-11(13)27-2)8-19-21-12(24)4-5-18-14-15(25)20-16(26)23-22-14/h6-8H,3-5H2,1-2H3,(H,18,22)(H,21,24)(H2,20,23,25,26)/b19-8+. The van der Waals surface area contributed by atoms with E-state index in [4.69, 9.17) is 9.47 Å². The lowest BCUT2D eigenvalue weighted by atomic mass is 10.2. The van der Waals surface area contributed by atoms with Crippen LogP contribution in [0.4, 0.5) is 5.82 Å². The Bertz CT molecular complexity index is 971. The Morgan fingerprint density at radius 2 is 2.18 bits per heavy atom. The normalized spacial score (nSPS) is 10.7. The second-order valence-electron chi connectivity index (χ2n) is 5.29. The maximum atomic E-state index is 11.8. The maximum absolute atomic E-state index is 11.8. The molecule has 150 valence electrons. The highest BCUT2D eigenvalue weighted by Gasteiger charge is 2.10. The van der Waals surface area contributed by atoms with Crippen LogP contribution in [-0.4, -0.2) is 47.6 Å². The molecular formula is C16H19BrN6O5. The molecule has 2 rings (SSSR count). The van der Waals surface area contributed by atoms with Gasteiger partial charge in [0.05, 0.1) is 24.4 Å². The van der Waals surface area contributed by atoms with E-state index in [1.807, 2.05) is 11.9 Å². The van der Waals surface area contributed by atoms with Crippen LogP contribution in [0.25, 0.3) is 0 Å². The molecule has 0 saturated heterocycles. The molecule has 1 heterocycles. The lowest BCUT2D eigenvalue weighted by Gasteiger charge is -2.11. The SMILES string of the molecule is CCOc1c(Br)cc(/C=N/NC(=O)CCNc2n[nH]c(=O)[nH]c2=O)cc1OC. The number of carbonyl (C=O) groups is 1. The third-order valence-electron chi connectivity index (χ3n) is 3.30. The van der Waals surface area contributed by atoms with Crippen molar-refractivity contribution in [2.75, 3.05) is 25.6 Å². The van der Waals surface area contributed by atoms with E-state index in [9.17, 15) is 14.4 Å². The summed E-state index contributed by atoms with van der Waals surface area (Å²) in [5.74, 6) is 0.666. The molecule has 2 aromatic rings. The van der Waals surface area contributed by atoms with Gasteiger partial charge >= 0.3 is 5.69 Å². The molecule has 0 saturated carbocycles.